The van der Waals surface area contributed by atoms with Gasteiger partial charge >= 0.3 is 10.5 Å². The highest BCUT2D eigenvalue weighted by molar-refractivity contribution is 7.81. The van der Waals surface area contributed by atoms with Gasteiger partial charge in [0.05, 0.1) is 0 Å². The van der Waals surface area contributed by atoms with Crippen LogP contribution in [0.4, 0.5) is 3.89 Å². The van der Waals surface area contributed by atoms with Crippen LogP contribution in [0.15, 0.2) is 18.2 Å². The zero-order valence-electron chi connectivity index (χ0n) is 13.3. The van der Waals surface area contributed by atoms with Crippen LogP contribution < -0.4 is 15.2 Å². The summed E-state index contributed by atoms with van der Waals surface area (Å²) in [5, 5.41) is 2.47. The summed E-state index contributed by atoms with van der Waals surface area (Å²) in [7, 11) is -5.28. The molecule has 0 spiro atoms. The molecule has 7 nitrogen and oxygen atoms in total. The predicted octanol–water partition coefficient (Wildman–Crippen LogP) is 0.891. The van der Waals surface area contributed by atoms with Gasteiger partial charge in [-0.3, -0.25) is 9.59 Å². The number of hydrogen-bond donors (Lipinski definition) is 2. The van der Waals surface area contributed by atoms with Gasteiger partial charge in [-0.15, -0.1) is 6.42 Å². The molecule has 3 N–H and O–H groups in total. The number of amides is 2. The van der Waals surface area contributed by atoms with Crippen molar-refractivity contribution in [1.29, 1.82) is 0 Å². The quantitative estimate of drug-likeness (QED) is 0.580. The van der Waals surface area contributed by atoms with E-state index in [1.165, 1.54) is 13.0 Å². The molecule has 0 aliphatic rings. The standard InChI is InChI=1S/C15H17FN2O5S/c1-5-10-6-11(8-12(7-10)23-24(16,21)22)13(19)18-15(4,9(2)3)14(17)20/h1,6-9H,2-4H3,(H2,17,20)(H,18,19). The Hall–Kier alpha value is -2.60. The van der Waals surface area contributed by atoms with E-state index in [9.17, 15) is 21.9 Å². The number of halogens is 1. The molecule has 1 rings (SSSR count). The number of rotatable bonds is 6. The lowest BCUT2D eigenvalue weighted by molar-refractivity contribution is -0.125. The Kier molecular flexibility index (Phi) is 5.58. The first-order valence-electron chi connectivity index (χ1n) is 6.77. The first kappa shape index (κ1) is 19.4. The number of carbonyl (C=O) groups excluding carboxylic acids is 2. The number of nitrogens with two attached hydrogens (primary N) is 1. The van der Waals surface area contributed by atoms with Gasteiger partial charge in [0.25, 0.3) is 5.91 Å². The highest BCUT2D eigenvalue weighted by atomic mass is 32.3. The van der Waals surface area contributed by atoms with Crippen LogP contribution in [0.5, 0.6) is 5.75 Å². The molecule has 0 saturated heterocycles. The van der Waals surface area contributed by atoms with Crippen molar-refractivity contribution < 1.29 is 26.1 Å². The topological polar surface area (TPSA) is 116 Å². The summed E-state index contributed by atoms with van der Waals surface area (Å²) in [4.78, 5) is 24.0. The molecule has 1 aromatic carbocycles. The minimum atomic E-state index is -5.28. The minimum Gasteiger partial charge on any atom is -0.368 e. The van der Waals surface area contributed by atoms with E-state index in [4.69, 9.17) is 12.2 Å². The van der Waals surface area contributed by atoms with E-state index in [-0.39, 0.29) is 17.0 Å². The number of benzene rings is 1. The molecule has 0 fully saturated rings. The van der Waals surface area contributed by atoms with Crippen LogP contribution in [0.2, 0.25) is 0 Å². The minimum absolute atomic E-state index is 0.0895. The molecule has 0 saturated carbocycles. The SMILES string of the molecule is C#Cc1cc(OS(=O)(=O)F)cc(C(=O)NC(C)(C(N)=O)C(C)C)c1. The highest BCUT2D eigenvalue weighted by Crippen LogP contribution is 2.21. The second-order valence-electron chi connectivity index (χ2n) is 5.54. The average molecular weight is 356 g/mol. The van der Waals surface area contributed by atoms with Crippen molar-refractivity contribution in [3.63, 3.8) is 0 Å². The molecule has 0 radical (unpaired) electrons. The Morgan fingerprint density at radius 2 is 1.96 bits per heavy atom. The van der Waals surface area contributed by atoms with E-state index in [1.807, 2.05) is 0 Å². The molecule has 1 unspecified atom stereocenters. The summed E-state index contributed by atoms with van der Waals surface area (Å²) >= 11 is 0. The van der Waals surface area contributed by atoms with Gasteiger partial charge in [0.2, 0.25) is 5.91 Å². The van der Waals surface area contributed by atoms with Crippen molar-refractivity contribution in [2.45, 2.75) is 26.3 Å². The molecule has 2 amide bonds. The molecule has 0 aliphatic carbocycles. The van der Waals surface area contributed by atoms with Gasteiger partial charge in [-0.25, -0.2) is 0 Å². The van der Waals surface area contributed by atoms with Crippen molar-refractivity contribution in [1.82, 2.24) is 5.32 Å². The molecule has 1 aromatic rings. The van der Waals surface area contributed by atoms with Gasteiger partial charge < -0.3 is 15.2 Å². The summed E-state index contributed by atoms with van der Waals surface area (Å²) in [6.45, 7) is 4.83. The second-order valence-corrected chi connectivity index (χ2v) is 6.50. The van der Waals surface area contributed by atoms with Gasteiger partial charge in [-0.2, -0.15) is 8.42 Å². The fourth-order valence-corrected chi connectivity index (χ4v) is 2.10. The number of terminal acetylenes is 1. The van der Waals surface area contributed by atoms with Crippen molar-refractivity contribution in [3.8, 4) is 18.1 Å². The zero-order valence-corrected chi connectivity index (χ0v) is 14.1. The number of hydrogen-bond acceptors (Lipinski definition) is 5. The fraction of sp³-hybridized carbons (Fsp3) is 0.333. The lowest BCUT2D eigenvalue weighted by Crippen LogP contribution is -2.58. The zero-order chi connectivity index (χ0) is 18.7. The maximum atomic E-state index is 12.7. The monoisotopic (exact) mass is 356 g/mol. The van der Waals surface area contributed by atoms with Crippen molar-refractivity contribution in [3.05, 3.63) is 29.3 Å². The van der Waals surface area contributed by atoms with E-state index >= 15 is 0 Å². The van der Waals surface area contributed by atoms with Crippen LogP contribution in [0.1, 0.15) is 36.7 Å². The molecule has 0 aromatic heterocycles. The van der Waals surface area contributed by atoms with Crippen LogP contribution in [-0.2, 0) is 15.3 Å². The Labute approximate surface area is 139 Å². The molecule has 0 heterocycles. The first-order chi connectivity index (χ1) is 10.9. The summed E-state index contributed by atoms with van der Waals surface area (Å²) in [5.41, 5.74) is 3.95. The molecule has 9 heteroatoms. The third kappa shape index (κ3) is 4.70. The predicted molar refractivity (Wildman–Crippen MR) is 84.9 cm³/mol. The van der Waals surface area contributed by atoms with Crippen LogP contribution in [0.3, 0.4) is 0 Å². The summed E-state index contributed by atoms with van der Waals surface area (Å²) in [5.74, 6) is -0.0991. The van der Waals surface area contributed by atoms with Crippen molar-refractivity contribution in [2.24, 2.45) is 11.7 Å². The molecule has 0 bridgehead atoms. The Bertz CT molecular complexity index is 814. The lowest BCUT2D eigenvalue weighted by atomic mass is 9.87. The number of carbonyl (C=O) groups is 2. The van der Waals surface area contributed by atoms with E-state index in [2.05, 4.69) is 15.4 Å². The Morgan fingerprint density at radius 3 is 2.38 bits per heavy atom. The van der Waals surface area contributed by atoms with Gasteiger partial charge in [0.15, 0.2) is 0 Å². The molecular weight excluding hydrogens is 339 g/mol. The second kappa shape index (κ2) is 6.88. The van der Waals surface area contributed by atoms with Crippen LogP contribution in [0.25, 0.3) is 0 Å². The van der Waals surface area contributed by atoms with Crippen LogP contribution >= 0.6 is 0 Å². The maximum Gasteiger partial charge on any atom is 0.488 e. The summed E-state index contributed by atoms with van der Waals surface area (Å²) in [6, 6.07) is 3.31. The van der Waals surface area contributed by atoms with E-state index in [1.54, 1.807) is 13.8 Å². The maximum absolute atomic E-state index is 12.7. The van der Waals surface area contributed by atoms with Crippen LogP contribution in [0, 0.1) is 18.3 Å². The van der Waals surface area contributed by atoms with Crippen LogP contribution in [-0.4, -0.2) is 25.8 Å². The third-order valence-electron chi connectivity index (χ3n) is 3.57. The molecule has 130 valence electrons. The number of primary amides is 1. The van der Waals surface area contributed by atoms with Gasteiger partial charge in [0.1, 0.15) is 11.3 Å². The molecular formula is C15H17FN2O5S. The van der Waals surface area contributed by atoms with E-state index < -0.39 is 33.6 Å². The van der Waals surface area contributed by atoms with Gasteiger partial charge in [-0.1, -0.05) is 23.7 Å². The van der Waals surface area contributed by atoms with Gasteiger partial charge in [-0.05, 0) is 31.0 Å². The van der Waals surface area contributed by atoms with Gasteiger partial charge in [0, 0.05) is 11.1 Å². The molecule has 1 atom stereocenters. The Morgan fingerprint density at radius 1 is 1.38 bits per heavy atom. The van der Waals surface area contributed by atoms with E-state index in [0.29, 0.717) is 0 Å². The smallest absolute Gasteiger partial charge is 0.368 e. The van der Waals surface area contributed by atoms with E-state index in [0.717, 1.165) is 12.1 Å². The largest absolute Gasteiger partial charge is 0.488 e. The molecule has 0 aliphatic heterocycles. The molecule has 24 heavy (non-hydrogen) atoms. The summed E-state index contributed by atoms with van der Waals surface area (Å²) in [6.07, 6.45) is 5.22. The highest BCUT2D eigenvalue weighted by Gasteiger charge is 2.36. The summed E-state index contributed by atoms with van der Waals surface area (Å²) < 4.78 is 37.9. The number of nitrogens with one attached hydrogen (secondary N) is 1. The van der Waals surface area contributed by atoms with Crippen molar-refractivity contribution >= 4 is 22.3 Å². The van der Waals surface area contributed by atoms with Crippen molar-refractivity contribution in [2.75, 3.05) is 0 Å². The Balaban J connectivity index is 3.26. The third-order valence-corrected chi connectivity index (χ3v) is 3.96. The lowest BCUT2D eigenvalue weighted by Gasteiger charge is -2.31. The fourth-order valence-electron chi connectivity index (χ4n) is 1.78. The average Bonchev–Trinajstić information content (AvgIpc) is 2.44. The normalized spacial score (nSPS) is 13.7. The first-order valence-corrected chi connectivity index (χ1v) is 8.08.